The molecule has 0 spiro atoms. The number of benzene rings is 2. The molecule has 1 atom stereocenters. The Balaban J connectivity index is 1.85. The molecule has 1 N–H and O–H groups in total. The van der Waals surface area contributed by atoms with Gasteiger partial charge in [-0.15, -0.1) is 11.8 Å². The fraction of sp³-hybridized carbons (Fsp3) is 0.316. The second kappa shape index (κ2) is 8.42. The molecule has 122 valence electrons. The highest BCUT2D eigenvalue weighted by Crippen LogP contribution is 2.22. The van der Waals surface area contributed by atoms with Gasteiger partial charge in [0.1, 0.15) is 0 Å². The summed E-state index contributed by atoms with van der Waals surface area (Å²) < 4.78 is 0. The first-order chi connectivity index (χ1) is 11.0. The molecule has 2 rings (SSSR count). The lowest BCUT2D eigenvalue weighted by Crippen LogP contribution is -2.28. The minimum absolute atomic E-state index is 0.0170. The molecule has 23 heavy (non-hydrogen) atoms. The van der Waals surface area contributed by atoms with Crippen molar-refractivity contribution in [2.45, 2.75) is 32.6 Å². The van der Waals surface area contributed by atoms with Crippen LogP contribution in [0.5, 0.6) is 0 Å². The van der Waals surface area contributed by atoms with E-state index in [0.717, 1.165) is 16.3 Å². The predicted molar refractivity (Wildman–Crippen MR) is 100 cm³/mol. The number of nitrogens with one attached hydrogen (secondary N) is 1. The molecule has 2 aromatic carbocycles. The van der Waals surface area contributed by atoms with Crippen molar-refractivity contribution in [3.8, 4) is 0 Å². The normalized spacial score (nSPS) is 12.0. The highest BCUT2D eigenvalue weighted by atomic mass is 35.5. The maximum absolute atomic E-state index is 12.1. The van der Waals surface area contributed by atoms with Crippen molar-refractivity contribution in [1.82, 2.24) is 5.32 Å². The zero-order chi connectivity index (χ0) is 16.8. The molecule has 0 saturated carbocycles. The van der Waals surface area contributed by atoms with E-state index in [1.807, 2.05) is 31.2 Å². The largest absolute Gasteiger partial charge is 0.349 e. The Morgan fingerprint density at radius 1 is 1.22 bits per heavy atom. The number of halogens is 1. The van der Waals surface area contributed by atoms with E-state index in [-0.39, 0.29) is 11.9 Å². The van der Waals surface area contributed by atoms with Gasteiger partial charge in [-0.2, -0.15) is 0 Å². The van der Waals surface area contributed by atoms with Gasteiger partial charge in [-0.3, -0.25) is 4.79 Å². The number of hydrogen-bond acceptors (Lipinski definition) is 2. The maximum Gasteiger partial charge on any atom is 0.230 e. The minimum Gasteiger partial charge on any atom is -0.349 e. The van der Waals surface area contributed by atoms with Crippen LogP contribution in [0.15, 0.2) is 42.5 Å². The highest BCUT2D eigenvalue weighted by molar-refractivity contribution is 7.99. The number of amides is 1. The zero-order valence-corrected chi connectivity index (χ0v) is 15.3. The number of carbonyl (C=O) groups excluding carboxylic acids is 1. The van der Waals surface area contributed by atoms with Crippen molar-refractivity contribution in [3.63, 3.8) is 0 Å². The van der Waals surface area contributed by atoms with Crippen molar-refractivity contribution < 1.29 is 4.79 Å². The van der Waals surface area contributed by atoms with E-state index in [4.69, 9.17) is 11.6 Å². The first kappa shape index (κ1) is 17.9. The highest BCUT2D eigenvalue weighted by Gasteiger charge is 2.12. The van der Waals surface area contributed by atoms with Gasteiger partial charge in [0.2, 0.25) is 5.91 Å². The lowest BCUT2D eigenvalue weighted by atomic mass is 10.00. The summed E-state index contributed by atoms with van der Waals surface area (Å²) in [5.41, 5.74) is 4.65. The van der Waals surface area contributed by atoms with Crippen LogP contribution in [-0.2, 0) is 10.5 Å². The van der Waals surface area contributed by atoms with Crippen LogP contribution in [0.2, 0.25) is 5.02 Å². The van der Waals surface area contributed by atoms with Gasteiger partial charge in [0, 0.05) is 10.8 Å². The van der Waals surface area contributed by atoms with Gasteiger partial charge in [-0.1, -0.05) is 53.6 Å². The Morgan fingerprint density at radius 3 is 2.70 bits per heavy atom. The van der Waals surface area contributed by atoms with Crippen LogP contribution in [0.4, 0.5) is 0 Å². The van der Waals surface area contributed by atoms with Crippen molar-refractivity contribution in [2.24, 2.45) is 0 Å². The second-order valence-corrected chi connectivity index (χ2v) is 7.13. The van der Waals surface area contributed by atoms with E-state index in [1.54, 1.807) is 11.8 Å². The number of rotatable bonds is 6. The molecule has 0 heterocycles. The molecule has 0 fully saturated rings. The van der Waals surface area contributed by atoms with Crippen LogP contribution in [0.3, 0.4) is 0 Å². The quantitative estimate of drug-likeness (QED) is 0.790. The summed E-state index contributed by atoms with van der Waals surface area (Å²) in [5.74, 6) is 1.22. The summed E-state index contributed by atoms with van der Waals surface area (Å²) in [6.45, 7) is 6.17. The minimum atomic E-state index is 0.0170. The van der Waals surface area contributed by atoms with Gasteiger partial charge >= 0.3 is 0 Å². The molecule has 1 unspecified atom stereocenters. The van der Waals surface area contributed by atoms with Crippen molar-refractivity contribution in [2.75, 3.05) is 5.75 Å². The van der Waals surface area contributed by atoms with Crippen LogP contribution < -0.4 is 5.32 Å². The Labute approximate surface area is 147 Å². The van der Waals surface area contributed by atoms with E-state index in [1.165, 1.54) is 16.7 Å². The average Bonchev–Trinajstić information content (AvgIpc) is 2.51. The summed E-state index contributed by atoms with van der Waals surface area (Å²) in [7, 11) is 0. The third-order valence-corrected chi connectivity index (χ3v) is 5.08. The van der Waals surface area contributed by atoms with E-state index in [2.05, 4.69) is 37.4 Å². The molecule has 0 aromatic heterocycles. The molecular weight excluding hydrogens is 326 g/mol. The van der Waals surface area contributed by atoms with E-state index < -0.39 is 0 Å². The monoisotopic (exact) mass is 347 g/mol. The first-order valence-corrected chi connectivity index (χ1v) is 9.18. The Bertz CT molecular complexity index is 687. The number of hydrogen-bond donors (Lipinski definition) is 1. The average molecular weight is 348 g/mol. The number of aryl methyl sites for hydroxylation is 2. The van der Waals surface area contributed by atoms with Gasteiger partial charge in [0.15, 0.2) is 0 Å². The summed E-state index contributed by atoms with van der Waals surface area (Å²) in [4.78, 5) is 12.1. The topological polar surface area (TPSA) is 29.1 Å². The van der Waals surface area contributed by atoms with Crippen LogP contribution >= 0.6 is 23.4 Å². The van der Waals surface area contributed by atoms with E-state index in [9.17, 15) is 4.79 Å². The fourth-order valence-electron chi connectivity index (χ4n) is 2.46. The molecular formula is C19H22ClNOS. The Morgan fingerprint density at radius 2 is 1.96 bits per heavy atom. The van der Waals surface area contributed by atoms with Crippen LogP contribution in [0.25, 0.3) is 0 Å². The molecule has 0 saturated heterocycles. The van der Waals surface area contributed by atoms with Gasteiger partial charge in [-0.25, -0.2) is 0 Å². The van der Waals surface area contributed by atoms with Gasteiger partial charge < -0.3 is 5.32 Å². The Hall–Kier alpha value is -1.45. The third kappa shape index (κ3) is 5.29. The standard InChI is InChI=1S/C19H22ClNOS/c1-13-8-9-14(2)17(10-13)15(3)21-19(22)12-23-11-16-6-4-5-7-18(16)20/h4-10,15H,11-12H2,1-3H3,(H,21,22). The molecule has 0 radical (unpaired) electrons. The molecule has 0 aliphatic rings. The summed E-state index contributed by atoms with van der Waals surface area (Å²) >= 11 is 7.70. The van der Waals surface area contributed by atoms with Crippen molar-refractivity contribution >= 4 is 29.3 Å². The molecule has 4 heteroatoms. The van der Waals surface area contributed by atoms with Crippen molar-refractivity contribution in [3.05, 3.63) is 69.7 Å². The zero-order valence-electron chi connectivity index (χ0n) is 13.7. The van der Waals surface area contributed by atoms with Gasteiger partial charge in [0.05, 0.1) is 11.8 Å². The number of thioether (sulfide) groups is 1. The first-order valence-electron chi connectivity index (χ1n) is 7.65. The smallest absolute Gasteiger partial charge is 0.230 e. The predicted octanol–water partition coefficient (Wildman–Crippen LogP) is 5.07. The van der Waals surface area contributed by atoms with Gasteiger partial charge in [-0.05, 0) is 43.5 Å². The molecule has 0 aliphatic heterocycles. The van der Waals surface area contributed by atoms with Crippen LogP contribution in [0.1, 0.15) is 35.2 Å². The summed E-state index contributed by atoms with van der Waals surface area (Å²) in [6, 6.07) is 14.1. The third-order valence-electron chi connectivity index (χ3n) is 3.73. The molecule has 1 amide bonds. The van der Waals surface area contributed by atoms with Crippen LogP contribution in [-0.4, -0.2) is 11.7 Å². The lowest BCUT2D eigenvalue weighted by Gasteiger charge is -2.17. The van der Waals surface area contributed by atoms with Crippen molar-refractivity contribution in [1.29, 1.82) is 0 Å². The van der Waals surface area contributed by atoms with Crippen LogP contribution in [0, 0.1) is 13.8 Å². The second-order valence-electron chi connectivity index (χ2n) is 5.73. The maximum atomic E-state index is 12.1. The van der Waals surface area contributed by atoms with Gasteiger partial charge in [0.25, 0.3) is 0 Å². The SMILES string of the molecule is Cc1ccc(C)c(C(C)NC(=O)CSCc2ccccc2Cl)c1. The summed E-state index contributed by atoms with van der Waals surface area (Å²) in [6.07, 6.45) is 0. The molecule has 2 nitrogen and oxygen atoms in total. The summed E-state index contributed by atoms with van der Waals surface area (Å²) in [5, 5.41) is 3.83. The fourth-order valence-corrected chi connectivity index (χ4v) is 3.58. The van der Waals surface area contributed by atoms with E-state index >= 15 is 0 Å². The number of carbonyl (C=O) groups is 1. The lowest BCUT2D eigenvalue weighted by molar-refractivity contribution is -0.119. The Kier molecular flexibility index (Phi) is 6.55. The molecule has 0 aliphatic carbocycles. The molecule has 2 aromatic rings. The van der Waals surface area contributed by atoms with E-state index in [0.29, 0.717) is 5.75 Å². The molecule has 0 bridgehead atoms.